The normalized spacial score (nSPS) is 20.2. The van der Waals surface area contributed by atoms with E-state index in [1.54, 1.807) is 0 Å². The van der Waals surface area contributed by atoms with Crippen molar-refractivity contribution in [3.8, 4) is 0 Å². The summed E-state index contributed by atoms with van der Waals surface area (Å²) in [5.74, 6) is 2.61. The van der Waals surface area contributed by atoms with Gasteiger partial charge < -0.3 is 13.8 Å². The number of hydrogen-bond donors (Lipinski definition) is 0. The molecule has 0 aliphatic carbocycles. The van der Waals surface area contributed by atoms with Crippen LogP contribution in [0.5, 0.6) is 0 Å². The number of aryl methyl sites for hydroxylation is 1. The molecule has 3 heterocycles. The van der Waals surface area contributed by atoms with Gasteiger partial charge in [0.25, 0.3) is 0 Å². The summed E-state index contributed by atoms with van der Waals surface area (Å²) in [6.07, 6.45) is 2.70. The Balaban J connectivity index is 1.66. The Hall–Kier alpha value is -1.80. The zero-order chi connectivity index (χ0) is 16.2. The fourth-order valence-corrected chi connectivity index (χ4v) is 2.85. The van der Waals surface area contributed by atoms with Crippen molar-refractivity contribution < 1.29 is 13.8 Å². The Morgan fingerprint density at radius 2 is 2.04 bits per heavy atom. The molecule has 0 spiro atoms. The molecule has 0 bridgehead atoms. The molecule has 126 valence electrons. The predicted octanol–water partition coefficient (Wildman–Crippen LogP) is 2.45. The summed E-state index contributed by atoms with van der Waals surface area (Å²) in [4.78, 5) is 11.1. The van der Waals surface area contributed by atoms with Crippen molar-refractivity contribution >= 4 is 0 Å². The number of nitrogens with zero attached hydrogens (tertiary/aromatic N) is 5. The van der Waals surface area contributed by atoms with E-state index < -0.39 is 0 Å². The summed E-state index contributed by atoms with van der Waals surface area (Å²) < 4.78 is 16.1. The number of likely N-dealkylation sites (tertiary alicyclic amines) is 1. The molecule has 0 amide bonds. The highest BCUT2D eigenvalue weighted by Gasteiger charge is 2.31. The van der Waals surface area contributed by atoms with Gasteiger partial charge in [0, 0.05) is 13.0 Å². The highest BCUT2D eigenvalue weighted by Crippen LogP contribution is 2.31. The van der Waals surface area contributed by atoms with Gasteiger partial charge in [-0.15, -0.1) is 0 Å². The Bertz CT molecular complexity index is 626. The first kappa shape index (κ1) is 16.1. The quantitative estimate of drug-likeness (QED) is 0.768. The molecule has 0 N–H and O–H groups in total. The van der Waals surface area contributed by atoms with Gasteiger partial charge in [0.05, 0.1) is 12.6 Å². The van der Waals surface area contributed by atoms with E-state index in [1.165, 1.54) is 0 Å². The summed E-state index contributed by atoms with van der Waals surface area (Å²) in [5.41, 5.74) is 0. The van der Waals surface area contributed by atoms with Crippen LogP contribution in [-0.4, -0.2) is 38.3 Å². The molecule has 23 heavy (non-hydrogen) atoms. The van der Waals surface area contributed by atoms with Crippen molar-refractivity contribution in [2.24, 2.45) is 0 Å². The van der Waals surface area contributed by atoms with Crippen LogP contribution in [-0.2, 0) is 17.7 Å². The molecule has 0 radical (unpaired) electrons. The van der Waals surface area contributed by atoms with Crippen LogP contribution in [0.2, 0.25) is 0 Å². The lowest BCUT2D eigenvalue weighted by Crippen LogP contribution is -2.23. The lowest BCUT2D eigenvalue weighted by Gasteiger charge is -2.19. The third-order valence-corrected chi connectivity index (χ3v) is 4.05. The van der Waals surface area contributed by atoms with Gasteiger partial charge in [-0.05, 0) is 33.2 Å². The molecule has 1 aliphatic heterocycles. The van der Waals surface area contributed by atoms with E-state index >= 15 is 0 Å². The standard InChI is InChI=1S/C15H23N5O3/c1-4-12-16-15(19-22-12)11-7-6-8-20(11)9-13-17-14(18-23-13)10(3)21-5-2/h10-11H,4-9H2,1-3H3/t10-,11+/m0/s1. The molecule has 8 nitrogen and oxygen atoms in total. The largest absolute Gasteiger partial charge is 0.371 e. The molecule has 1 aliphatic rings. The van der Waals surface area contributed by atoms with Crippen LogP contribution in [0.1, 0.15) is 69.2 Å². The molecule has 0 aromatic carbocycles. The van der Waals surface area contributed by atoms with Gasteiger partial charge in [0.2, 0.25) is 11.8 Å². The number of hydrogen-bond acceptors (Lipinski definition) is 8. The van der Waals surface area contributed by atoms with Crippen molar-refractivity contribution in [1.82, 2.24) is 25.2 Å². The van der Waals surface area contributed by atoms with Gasteiger partial charge >= 0.3 is 0 Å². The summed E-state index contributed by atoms with van der Waals surface area (Å²) in [6, 6.07) is 0.152. The average Bonchev–Trinajstić information content (AvgIpc) is 3.27. The molecule has 3 rings (SSSR count). The smallest absolute Gasteiger partial charge is 0.240 e. The van der Waals surface area contributed by atoms with E-state index in [0.29, 0.717) is 30.8 Å². The second-order valence-corrected chi connectivity index (χ2v) is 5.67. The SMILES string of the molecule is CCO[C@@H](C)c1noc(CN2CCC[C@@H]2c2noc(CC)n2)n1. The van der Waals surface area contributed by atoms with Crippen molar-refractivity contribution in [2.75, 3.05) is 13.2 Å². The molecular weight excluding hydrogens is 298 g/mol. The molecule has 1 fully saturated rings. The third kappa shape index (κ3) is 3.59. The summed E-state index contributed by atoms with van der Waals surface area (Å²) in [5, 5.41) is 8.11. The maximum absolute atomic E-state index is 5.49. The minimum Gasteiger partial charge on any atom is -0.371 e. The number of aromatic nitrogens is 4. The highest BCUT2D eigenvalue weighted by atomic mass is 16.5. The zero-order valence-corrected chi connectivity index (χ0v) is 13.9. The first-order valence-corrected chi connectivity index (χ1v) is 8.21. The van der Waals surface area contributed by atoms with E-state index in [1.807, 2.05) is 20.8 Å². The van der Waals surface area contributed by atoms with Crippen molar-refractivity contribution in [3.05, 3.63) is 23.4 Å². The first-order chi connectivity index (χ1) is 11.2. The molecule has 0 unspecified atom stereocenters. The van der Waals surface area contributed by atoms with Crippen LogP contribution in [0.25, 0.3) is 0 Å². The fourth-order valence-electron chi connectivity index (χ4n) is 2.85. The van der Waals surface area contributed by atoms with E-state index in [0.717, 1.165) is 31.6 Å². The maximum Gasteiger partial charge on any atom is 0.240 e. The molecule has 1 saturated heterocycles. The van der Waals surface area contributed by atoms with Gasteiger partial charge in [-0.1, -0.05) is 17.2 Å². The third-order valence-electron chi connectivity index (χ3n) is 4.05. The first-order valence-electron chi connectivity index (χ1n) is 8.21. The Kier molecular flexibility index (Phi) is 5.02. The monoisotopic (exact) mass is 321 g/mol. The van der Waals surface area contributed by atoms with Crippen LogP contribution < -0.4 is 0 Å². The molecule has 2 aromatic heterocycles. The second-order valence-electron chi connectivity index (χ2n) is 5.67. The van der Waals surface area contributed by atoms with Crippen LogP contribution in [0, 0.1) is 0 Å². The van der Waals surface area contributed by atoms with Crippen molar-refractivity contribution in [1.29, 1.82) is 0 Å². The van der Waals surface area contributed by atoms with Crippen LogP contribution in [0.4, 0.5) is 0 Å². The van der Waals surface area contributed by atoms with Gasteiger partial charge in [-0.2, -0.15) is 9.97 Å². The van der Waals surface area contributed by atoms with Crippen molar-refractivity contribution in [3.63, 3.8) is 0 Å². The van der Waals surface area contributed by atoms with Gasteiger partial charge in [-0.3, -0.25) is 4.90 Å². The summed E-state index contributed by atoms with van der Waals surface area (Å²) >= 11 is 0. The zero-order valence-electron chi connectivity index (χ0n) is 13.9. The molecule has 2 atom stereocenters. The van der Waals surface area contributed by atoms with Crippen LogP contribution >= 0.6 is 0 Å². The lowest BCUT2D eigenvalue weighted by molar-refractivity contribution is 0.0683. The lowest BCUT2D eigenvalue weighted by atomic mass is 10.2. The topological polar surface area (TPSA) is 90.3 Å². The number of ether oxygens (including phenoxy) is 1. The van der Waals surface area contributed by atoms with Crippen LogP contribution in [0.3, 0.4) is 0 Å². The van der Waals surface area contributed by atoms with Crippen molar-refractivity contribution in [2.45, 2.75) is 58.7 Å². The van der Waals surface area contributed by atoms with Gasteiger partial charge in [0.1, 0.15) is 6.10 Å². The Labute approximate surface area is 135 Å². The second kappa shape index (κ2) is 7.18. The average molecular weight is 321 g/mol. The molecule has 8 heteroatoms. The summed E-state index contributed by atoms with van der Waals surface area (Å²) in [7, 11) is 0. The predicted molar refractivity (Wildman–Crippen MR) is 80.4 cm³/mol. The van der Waals surface area contributed by atoms with E-state index in [-0.39, 0.29) is 12.1 Å². The highest BCUT2D eigenvalue weighted by molar-refractivity contribution is 4.99. The molecule has 0 saturated carbocycles. The van der Waals surface area contributed by atoms with E-state index in [9.17, 15) is 0 Å². The summed E-state index contributed by atoms with van der Waals surface area (Å²) in [6.45, 7) is 8.04. The molecule has 2 aromatic rings. The fraction of sp³-hybridized carbons (Fsp3) is 0.733. The Morgan fingerprint density at radius 3 is 2.78 bits per heavy atom. The minimum atomic E-state index is -0.156. The maximum atomic E-state index is 5.49. The minimum absolute atomic E-state index is 0.152. The van der Waals surface area contributed by atoms with Gasteiger partial charge in [-0.25, -0.2) is 0 Å². The molecular formula is C15H23N5O3. The number of rotatable bonds is 7. The Morgan fingerprint density at radius 1 is 1.22 bits per heavy atom. The van der Waals surface area contributed by atoms with Crippen LogP contribution in [0.15, 0.2) is 9.05 Å². The van der Waals surface area contributed by atoms with Gasteiger partial charge in [0.15, 0.2) is 11.6 Å². The van der Waals surface area contributed by atoms with E-state index in [4.69, 9.17) is 13.8 Å². The van der Waals surface area contributed by atoms with E-state index in [2.05, 4.69) is 25.2 Å².